The first-order valence-electron chi connectivity index (χ1n) is 6.94. The molecule has 2 aromatic rings. The van der Waals surface area contributed by atoms with Gasteiger partial charge >= 0.3 is 5.97 Å². The molecule has 1 fully saturated rings. The van der Waals surface area contributed by atoms with Crippen LogP contribution < -0.4 is 0 Å². The number of aromatic nitrogens is 2. The third-order valence-electron chi connectivity index (χ3n) is 3.61. The maximum atomic E-state index is 12.4. The second-order valence-electron chi connectivity index (χ2n) is 5.37. The second kappa shape index (κ2) is 5.57. The minimum atomic E-state index is -3.63. The highest BCUT2D eigenvalue weighted by Crippen LogP contribution is 2.40. The molecule has 0 spiro atoms. The van der Waals surface area contributed by atoms with Gasteiger partial charge < -0.3 is 9.72 Å². The lowest BCUT2D eigenvalue weighted by molar-refractivity contribution is 0.0594. The third kappa shape index (κ3) is 3.04. The van der Waals surface area contributed by atoms with Crippen molar-refractivity contribution in [2.45, 2.75) is 29.7 Å². The number of nitrogens with one attached hydrogen (secondary N) is 1. The van der Waals surface area contributed by atoms with Crippen molar-refractivity contribution in [1.29, 1.82) is 0 Å². The van der Waals surface area contributed by atoms with Crippen LogP contribution >= 0.6 is 0 Å². The van der Waals surface area contributed by atoms with E-state index in [-0.39, 0.29) is 16.6 Å². The Kier molecular flexibility index (Phi) is 3.74. The molecule has 1 N–H and O–H groups in total. The molecule has 0 radical (unpaired) electrons. The summed E-state index contributed by atoms with van der Waals surface area (Å²) in [7, 11) is -2.41. The summed E-state index contributed by atoms with van der Waals surface area (Å²) in [4.78, 5) is 17.6. The third-order valence-corrected chi connectivity index (χ3v) is 5.12. The summed E-state index contributed by atoms with van der Waals surface area (Å²) in [6, 6.07) is 7.61. The predicted molar refractivity (Wildman–Crippen MR) is 79.2 cm³/mol. The summed E-state index contributed by atoms with van der Waals surface area (Å²) < 4.78 is 29.3. The quantitative estimate of drug-likeness (QED) is 0.852. The molecular weight excluding hydrogens is 304 g/mol. The van der Waals surface area contributed by atoms with E-state index in [0.717, 1.165) is 18.4 Å². The predicted octanol–water partition coefficient (Wildman–Crippen LogP) is 2.05. The van der Waals surface area contributed by atoms with Gasteiger partial charge in [-0.15, -0.1) is 0 Å². The highest BCUT2D eigenvalue weighted by atomic mass is 32.2. The van der Waals surface area contributed by atoms with Crippen molar-refractivity contribution in [1.82, 2.24) is 9.97 Å². The number of esters is 1. The summed E-state index contributed by atoms with van der Waals surface area (Å²) in [5.74, 6) is -0.233. The van der Waals surface area contributed by atoms with Crippen molar-refractivity contribution in [3.63, 3.8) is 0 Å². The normalized spacial score (nSPS) is 14.8. The number of rotatable bonds is 5. The fourth-order valence-corrected chi connectivity index (χ4v) is 3.55. The molecule has 1 aromatic carbocycles. The summed E-state index contributed by atoms with van der Waals surface area (Å²) >= 11 is 0. The molecule has 116 valence electrons. The van der Waals surface area contributed by atoms with Crippen molar-refractivity contribution in [3.8, 4) is 0 Å². The van der Waals surface area contributed by atoms with Crippen LogP contribution in [0.3, 0.4) is 0 Å². The number of carbonyl (C=O) groups is 1. The van der Waals surface area contributed by atoms with Crippen LogP contribution in [0.25, 0.3) is 0 Å². The molecule has 0 atom stereocenters. The van der Waals surface area contributed by atoms with Gasteiger partial charge in [-0.25, -0.2) is 18.2 Å². The number of imidazole rings is 1. The fourth-order valence-electron chi connectivity index (χ4n) is 2.32. The van der Waals surface area contributed by atoms with E-state index in [2.05, 4.69) is 14.7 Å². The molecule has 1 heterocycles. The van der Waals surface area contributed by atoms with Gasteiger partial charge in [0.05, 0.1) is 19.1 Å². The number of hydrogen-bond donors (Lipinski definition) is 1. The Balaban J connectivity index is 1.82. The van der Waals surface area contributed by atoms with Crippen LogP contribution in [0.5, 0.6) is 0 Å². The van der Waals surface area contributed by atoms with E-state index in [1.54, 1.807) is 6.07 Å². The van der Waals surface area contributed by atoms with Crippen LogP contribution in [-0.4, -0.2) is 31.5 Å². The van der Waals surface area contributed by atoms with E-state index >= 15 is 0 Å². The molecule has 0 aliphatic heterocycles. The minimum absolute atomic E-state index is 0.0211. The van der Waals surface area contributed by atoms with Gasteiger partial charge in [-0.2, -0.15) is 0 Å². The average molecular weight is 320 g/mol. The lowest BCUT2D eigenvalue weighted by Gasteiger charge is -2.04. The van der Waals surface area contributed by atoms with Gasteiger partial charge in [-0.1, -0.05) is 24.3 Å². The molecule has 6 nitrogen and oxygen atoms in total. The van der Waals surface area contributed by atoms with Crippen molar-refractivity contribution in [3.05, 3.63) is 47.3 Å². The number of ether oxygens (including phenoxy) is 1. The Labute approximate surface area is 128 Å². The molecular formula is C15H16N2O4S. The SMILES string of the molecule is COC(=O)c1cnc(S(=O)(=O)Cc2cccc(C3CC3)c2)[nH]1. The first-order valence-corrected chi connectivity index (χ1v) is 8.60. The van der Waals surface area contributed by atoms with Crippen molar-refractivity contribution in [2.24, 2.45) is 0 Å². The van der Waals surface area contributed by atoms with Crippen molar-refractivity contribution < 1.29 is 17.9 Å². The van der Waals surface area contributed by atoms with Gasteiger partial charge in [0.25, 0.3) is 0 Å². The van der Waals surface area contributed by atoms with Gasteiger partial charge in [0, 0.05) is 0 Å². The molecule has 0 bridgehead atoms. The van der Waals surface area contributed by atoms with Gasteiger partial charge in [-0.05, 0) is 29.9 Å². The van der Waals surface area contributed by atoms with E-state index in [1.165, 1.54) is 18.9 Å². The average Bonchev–Trinajstić information content (AvgIpc) is 3.22. The van der Waals surface area contributed by atoms with E-state index < -0.39 is 15.8 Å². The van der Waals surface area contributed by atoms with Crippen LogP contribution in [0.2, 0.25) is 0 Å². The Hall–Kier alpha value is -2.15. The zero-order chi connectivity index (χ0) is 15.7. The second-order valence-corrected chi connectivity index (χ2v) is 7.28. The van der Waals surface area contributed by atoms with Crippen molar-refractivity contribution in [2.75, 3.05) is 7.11 Å². The van der Waals surface area contributed by atoms with Crippen molar-refractivity contribution >= 4 is 15.8 Å². The summed E-state index contributed by atoms with van der Waals surface area (Å²) in [5.41, 5.74) is 1.93. The van der Waals surface area contributed by atoms with Gasteiger partial charge in [0.2, 0.25) is 15.0 Å². The molecule has 1 aliphatic carbocycles. The molecule has 0 amide bonds. The van der Waals surface area contributed by atoms with Gasteiger partial charge in [0.15, 0.2) is 0 Å². The van der Waals surface area contributed by atoms with E-state index in [1.807, 2.05) is 18.2 Å². The molecule has 7 heteroatoms. The summed E-state index contributed by atoms with van der Waals surface area (Å²) in [6.07, 6.45) is 3.49. The topological polar surface area (TPSA) is 89.1 Å². The lowest BCUT2D eigenvalue weighted by atomic mass is 10.1. The van der Waals surface area contributed by atoms with Crippen LogP contribution in [0.1, 0.15) is 40.4 Å². The zero-order valence-corrected chi connectivity index (χ0v) is 12.9. The maximum Gasteiger partial charge on any atom is 0.356 e. The Morgan fingerprint density at radius 1 is 1.41 bits per heavy atom. The van der Waals surface area contributed by atoms with Gasteiger partial charge in [0.1, 0.15) is 5.69 Å². The Bertz CT molecular complexity index is 806. The fraction of sp³-hybridized carbons (Fsp3) is 0.333. The number of carbonyl (C=O) groups excluding carboxylic acids is 1. The van der Waals surface area contributed by atoms with Crippen LogP contribution in [0, 0.1) is 0 Å². The van der Waals surface area contributed by atoms with Gasteiger partial charge in [-0.3, -0.25) is 0 Å². The maximum absolute atomic E-state index is 12.4. The largest absolute Gasteiger partial charge is 0.464 e. The van der Waals surface area contributed by atoms with Crippen LogP contribution in [0.15, 0.2) is 35.6 Å². The number of aromatic amines is 1. The molecule has 0 unspecified atom stereocenters. The monoisotopic (exact) mass is 320 g/mol. The Morgan fingerprint density at radius 3 is 2.86 bits per heavy atom. The zero-order valence-electron chi connectivity index (χ0n) is 12.1. The summed E-state index contributed by atoms with van der Waals surface area (Å²) in [5, 5.41) is -0.218. The van der Waals surface area contributed by atoms with E-state index in [4.69, 9.17) is 0 Å². The van der Waals surface area contributed by atoms with Crippen LogP contribution in [0.4, 0.5) is 0 Å². The van der Waals surface area contributed by atoms with E-state index in [9.17, 15) is 13.2 Å². The molecule has 0 saturated heterocycles. The molecule has 1 aromatic heterocycles. The molecule has 22 heavy (non-hydrogen) atoms. The number of sulfone groups is 1. The number of nitrogens with zero attached hydrogens (tertiary/aromatic N) is 1. The molecule has 3 rings (SSSR count). The number of methoxy groups -OCH3 is 1. The number of H-pyrrole nitrogens is 1. The first-order chi connectivity index (χ1) is 10.5. The highest BCUT2D eigenvalue weighted by Gasteiger charge is 2.25. The lowest BCUT2D eigenvalue weighted by Crippen LogP contribution is -2.08. The molecule has 1 saturated carbocycles. The first kappa shape index (κ1) is 14.8. The van der Waals surface area contributed by atoms with Crippen LogP contribution in [-0.2, 0) is 20.3 Å². The highest BCUT2D eigenvalue weighted by molar-refractivity contribution is 7.90. The standard InChI is InChI=1S/C15H16N2O4S/c1-21-14(18)13-8-16-15(17-13)22(19,20)9-10-3-2-4-12(7-10)11-5-6-11/h2-4,7-8,11H,5-6,9H2,1H3,(H,16,17). The minimum Gasteiger partial charge on any atom is -0.464 e. The molecule has 1 aliphatic rings. The number of benzene rings is 1. The summed E-state index contributed by atoms with van der Waals surface area (Å²) in [6.45, 7) is 0. The Morgan fingerprint density at radius 2 is 2.18 bits per heavy atom. The smallest absolute Gasteiger partial charge is 0.356 e. The number of hydrogen-bond acceptors (Lipinski definition) is 5. The van der Waals surface area contributed by atoms with E-state index in [0.29, 0.717) is 5.92 Å².